The number of likely N-dealkylation sites (tertiary alicyclic amines) is 2. The minimum Gasteiger partial charge on any atom is -0.390 e. The minimum absolute atomic E-state index is 0.00870. The predicted molar refractivity (Wildman–Crippen MR) is 116 cm³/mol. The van der Waals surface area contributed by atoms with Gasteiger partial charge in [0.25, 0.3) is 11.8 Å². The Bertz CT molecular complexity index is 1150. The third kappa shape index (κ3) is 3.18. The van der Waals surface area contributed by atoms with E-state index in [4.69, 9.17) is 5.73 Å². The van der Waals surface area contributed by atoms with E-state index >= 15 is 0 Å². The van der Waals surface area contributed by atoms with Crippen LogP contribution in [0.3, 0.4) is 0 Å². The van der Waals surface area contributed by atoms with Gasteiger partial charge in [0, 0.05) is 36.0 Å². The van der Waals surface area contributed by atoms with E-state index in [-0.39, 0.29) is 43.0 Å². The molecule has 0 atom stereocenters. The molecule has 9 nitrogen and oxygen atoms in total. The van der Waals surface area contributed by atoms with Gasteiger partial charge in [-0.05, 0) is 18.9 Å². The van der Waals surface area contributed by atoms with Crippen LogP contribution >= 0.6 is 11.3 Å². The number of amides is 4. The number of nitrogens with zero attached hydrogens (tertiary/aromatic N) is 3. The van der Waals surface area contributed by atoms with Crippen LogP contribution in [0.25, 0.3) is 10.1 Å². The lowest BCUT2D eigenvalue weighted by Crippen LogP contribution is -2.50. The Labute approximate surface area is 181 Å². The molecule has 2 fully saturated rings. The number of benzene rings is 1. The molecule has 0 saturated carbocycles. The van der Waals surface area contributed by atoms with E-state index in [1.54, 1.807) is 4.90 Å². The van der Waals surface area contributed by atoms with Gasteiger partial charge in [0.1, 0.15) is 11.4 Å². The third-order valence-corrected chi connectivity index (χ3v) is 7.21. The fraction of sp³-hybridized carbons (Fsp3) is 0.381. The smallest absolute Gasteiger partial charge is 0.257 e. The van der Waals surface area contributed by atoms with Crippen LogP contribution in [0.2, 0.25) is 0 Å². The van der Waals surface area contributed by atoms with Gasteiger partial charge in [-0.25, -0.2) is 0 Å². The molecule has 4 amide bonds. The van der Waals surface area contributed by atoms with Crippen molar-refractivity contribution in [3.8, 4) is 0 Å². The number of aliphatic imine (C=N–C) groups is 1. The van der Waals surface area contributed by atoms with E-state index in [0.29, 0.717) is 42.3 Å². The zero-order valence-electron chi connectivity index (χ0n) is 16.7. The first kappa shape index (κ1) is 19.7. The number of anilines is 1. The van der Waals surface area contributed by atoms with Crippen LogP contribution in [0.1, 0.15) is 36.0 Å². The standard InChI is InChI=1S/C21H21N5O4S/c22-18-17(12-3-1-2-4-13(12)31-18)19(29)25-9-7-21(8-10-25)20(30)23-14(24-21)11-26-15(27)5-6-16(26)28/h1-4H,5-11,22H2,(H,23,24,30). The van der Waals surface area contributed by atoms with Crippen molar-refractivity contribution in [1.29, 1.82) is 0 Å². The number of rotatable bonds is 3. The summed E-state index contributed by atoms with van der Waals surface area (Å²) in [5.74, 6) is -0.538. The van der Waals surface area contributed by atoms with E-state index in [1.165, 1.54) is 11.3 Å². The van der Waals surface area contributed by atoms with Crippen molar-refractivity contribution in [2.75, 3.05) is 25.4 Å². The van der Waals surface area contributed by atoms with Crippen molar-refractivity contribution in [3.05, 3.63) is 29.8 Å². The van der Waals surface area contributed by atoms with E-state index < -0.39 is 5.54 Å². The number of nitrogens with two attached hydrogens (primary N) is 1. The van der Waals surface area contributed by atoms with Gasteiger partial charge in [-0.3, -0.25) is 29.1 Å². The Balaban J connectivity index is 1.31. The molecule has 3 aliphatic rings. The molecule has 1 aromatic carbocycles. The first-order chi connectivity index (χ1) is 14.9. The molecule has 1 aromatic heterocycles. The average Bonchev–Trinajstić information content (AvgIpc) is 3.36. The maximum atomic E-state index is 13.2. The quantitative estimate of drug-likeness (QED) is 0.694. The SMILES string of the molecule is Nc1sc2ccccc2c1C(=O)N1CCC2(CC1)N=C(CN1C(=O)CCC1=O)NC2=O. The van der Waals surface area contributed by atoms with E-state index in [2.05, 4.69) is 10.3 Å². The van der Waals surface area contributed by atoms with Crippen molar-refractivity contribution >= 4 is 55.9 Å². The van der Waals surface area contributed by atoms with Crippen molar-refractivity contribution < 1.29 is 19.2 Å². The van der Waals surface area contributed by atoms with E-state index in [0.717, 1.165) is 15.0 Å². The van der Waals surface area contributed by atoms with Gasteiger partial charge in [-0.1, -0.05) is 18.2 Å². The molecule has 5 rings (SSSR count). The fourth-order valence-electron chi connectivity index (χ4n) is 4.47. The summed E-state index contributed by atoms with van der Waals surface area (Å²) in [6.07, 6.45) is 1.14. The molecule has 0 radical (unpaired) electrons. The van der Waals surface area contributed by atoms with Crippen LogP contribution in [0.4, 0.5) is 5.00 Å². The van der Waals surface area contributed by atoms with Crippen molar-refractivity contribution in [1.82, 2.24) is 15.1 Å². The lowest BCUT2D eigenvalue weighted by atomic mass is 9.87. The topological polar surface area (TPSA) is 125 Å². The maximum Gasteiger partial charge on any atom is 0.257 e. The molecule has 3 N–H and O–H groups in total. The molecule has 2 saturated heterocycles. The molecule has 2 aromatic rings. The first-order valence-corrected chi connectivity index (χ1v) is 11.0. The molecule has 10 heteroatoms. The van der Waals surface area contributed by atoms with Gasteiger partial charge in [0.2, 0.25) is 11.8 Å². The van der Waals surface area contributed by atoms with E-state index in [9.17, 15) is 19.2 Å². The van der Waals surface area contributed by atoms with Crippen molar-refractivity contribution in [3.63, 3.8) is 0 Å². The molecular formula is C21H21N5O4S. The highest BCUT2D eigenvalue weighted by atomic mass is 32.1. The maximum absolute atomic E-state index is 13.2. The molecule has 0 bridgehead atoms. The number of hydrogen-bond donors (Lipinski definition) is 2. The number of carbonyl (C=O) groups excluding carboxylic acids is 4. The van der Waals surface area contributed by atoms with Crippen molar-refractivity contribution in [2.24, 2.45) is 4.99 Å². The number of fused-ring (bicyclic) bond motifs is 1. The number of carbonyl (C=O) groups is 4. The van der Waals surface area contributed by atoms with Gasteiger partial charge in [0.15, 0.2) is 0 Å². The van der Waals surface area contributed by atoms with Crippen LogP contribution in [0.5, 0.6) is 0 Å². The van der Waals surface area contributed by atoms with Crippen LogP contribution in [0, 0.1) is 0 Å². The number of piperidine rings is 1. The Morgan fingerprint density at radius 1 is 1.13 bits per heavy atom. The minimum atomic E-state index is -0.958. The largest absolute Gasteiger partial charge is 0.390 e. The summed E-state index contributed by atoms with van der Waals surface area (Å²) in [6, 6.07) is 7.62. The molecule has 4 heterocycles. The van der Waals surface area contributed by atoms with Gasteiger partial charge < -0.3 is 16.0 Å². The van der Waals surface area contributed by atoms with E-state index in [1.807, 2.05) is 24.3 Å². The highest BCUT2D eigenvalue weighted by Crippen LogP contribution is 2.36. The monoisotopic (exact) mass is 439 g/mol. The molecule has 0 aliphatic carbocycles. The molecule has 0 unspecified atom stereocenters. The number of nitrogen functional groups attached to an aromatic ring is 1. The second kappa shape index (κ2) is 7.16. The molecule has 1 spiro atoms. The molecule has 3 aliphatic heterocycles. The Kier molecular flexibility index (Phi) is 4.54. The highest BCUT2D eigenvalue weighted by molar-refractivity contribution is 7.23. The number of imide groups is 1. The lowest BCUT2D eigenvalue weighted by Gasteiger charge is -2.35. The summed E-state index contributed by atoms with van der Waals surface area (Å²) in [4.78, 5) is 57.0. The predicted octanol–water partition coefficient (Wildman–Crippen LogP) is 1.14. The molecular weight excluding hydrogens is 418 g/mol. The first-order valence-electron chi connectivity index (χ1n) is 10.2. The number of amidine groups is 1. The van der Waals surface area contributed by atoms with Gasteiger partial charge >= 0.3 is 0 Å². The van der Waals surface area contributed by atoms with Gasteiger partial charge in [0.05, 0.1) is 17.1 Å². The zero-order valence-corrected chi connectivity index (χ0v) is 17.5. The Morgan fingerprint density at radius 3 is 2.52 bits per heavy atom. The van der Waals surface area contributed by atoms with Crippen molar-refractivity contribution in [2.45, 2.75) is 31.2 Å². The summed E-state index contributed by atoms with van der Waals surface area (Å²) in [7, 11) is 0. The Morgan fingerprint density at radius 2 is 1.81 bits per heavy atom. The summed E-state index contributed by atoms with van der Waals surface area (Å²) >= 11 is 1.39. The van der Waals surface area contributed by atoms with Gasteiger partial charge in [-0.2, -0.15) is 0 Å². The number of hydrogen-bond acceptors (Lipinski definition) is 7. The fourth-order valence-corrected chi connectivity index (χ4v) is 5.43. The van der Waals surface area contributed by atoms with Crippen LogP contribution in [-0.4, -0.2) is 64.4 Å². The Hall–Kier alpha value is -3.27. The highest BCUT2D eigenvalue weighted by Gasteiger charge is 2.47. The summed E-state index contributed by atoms with van der Waals surface area (Å²) in [5, 5.41) is 4.06. The summed E-state index contributed by atoms with van der Waals surface area (Å²) in [5.41, 5.74) is 5.70. The van der Waals surface area contributed by atoms with Crippen LogP contribution in [-0.2, 0) is 14.4 Å². The normalized spacial score (nSPS) is 20.6. The molecule has 31 heavy (non-hydrogen) atoms. The van der Waals surface area contributed by atoms with Crippen LogP contribution < -0.4 is 11.1 Å². The zero-order chi connectivity index (χ0) is 21.8. The number of thiophene rings is 1. The van der Waals surface area contributed by atoms with Crippen LogP contribution in [0.15, 0.2) is 29.3 Å². The molecule has 160 valence electrons. The second-order valence-electron chi connectivity index (χ2n) is 8.05. The van der Waals surface area contributed by atoms with Gasteiger partial charge in [-0.15, -0.1) is 11.3 Å². The second-order valence-corrected chi connectivity index (χ2v) is 9.13. The lowest BCUT2D eigenvalue weighted by molar-refractivity contribution is -0.137. The summed E-state index contributed by atoms with van der Waals surface area (Å²) in [6.45, 7) is 0.730. The number of nitrogens with one attached hydrogen (secondary N) is 1. The summed E-state index contributed by atoms with van der Waals surface area (Å²) < 4.78 is 0.965. The average molecular weight is 439 g/mol. The third-order valence-electron chi connectivity index (χ3n) is 6.21.